The SMILES string of the molecule is CCc1ccc(N2C[C@H](C(=O)Nc3ccccc3Br)CC2=O)cc1. The monoisotopic (exact) mass is 386 g/mol. The van der Waals surface area contributed by atoms with Crippen molar-refractivity contribution in [2.75, 3.05) is 16.8 Å². The highest BCUT2D eigenvalue weighted by Gasteiger charge is 2.35. The summed E-state index contributed by atoms with van der Waals surface area (Å²) in [5, 5.41) is 2.90. The van der Waals surface area contributed by atoms with Gasteiger partial charge in [0.25, 0.3) is 0 Å². The van der Waals surface area contributed by atoms with Crippen molar-refractivity contribution < 1.29 is 9.59 Å². The number of aryl methyl sites for hydroxylation is 1. The molecule has 24 heavy (non-hydrogen) atoms. The second-order valence-electron chi connectivity index (χ2n) is 5.89. The molecule has 2 aromatic rings. The fourth-order valence-electron chi connectivity index (χ4n) is 2.84. The summed E-state index contributed by atoms with van der Waals surface area (Å²) in [5.74, 6) is -0.468. The molecule has 0 saturated carbocycles. The predicted molar refractivity (Wildman–Crippen MR) is 99.1 cm³/mol. The Morgan fingerprint density at radius 3 is 2.58 bits per heavy atom. The molecule has 2 aromatic carbocycles. The van der Waals surface area contributed by atoms with E-state index in [9.17, 15) is 9.59 Å². The fraction of sp³-hybridized carbons (Fsp3) is 0.263. The van der Waals surface area contributed by atoms with Crippen molar-refractivity contribution >= 4 is 39.1 Å². The highest BCUT2D eigenvalue weighted by molar-refractivity contribution is 9.10. The van der Waals surface area contributed by atoms with Crippen LogP contribution in [0.3, 0.4) is 0 Å². The predicted octanol–water partition coefficient (Wildman–Crippen LogP) is 4.00. The van der Waals surface area contributed by atoms with Gasteiger partial charge in [0.15, 0.2) is 0 Å². The van der Waals surface area contributed by atoms with Gasteiger partial charge in [0, 0.05) is 23.1 Å². The Morgan fingerprint density at radius 1 is 1.21 bits per heavy atom. The van der Waals surface area contributed by atoms with Crippen LogP contribution >= 0.6 is 15.9 Å². The first-order valence-corrected chi connectivity index (χ1v) is 8.82. The zero-order chi connectivity index (χ0) is 17.1. The van der Waals surface area contributed by atoms with Gasteiger partial charge >= 0.3 is 0 Å². The van der Waals surface area contributed by atoms with Gasteiger partial charge < -0.3 is 10.2 Å². The van der Waals surface area contributed by atoms with Crippen LogP contribution in [0.25, 0.3) is 0 Å². The van der Waals surface area contributed by atoms with E-state index in [0.29, 0.717) is 6.54 Å². The molecule has 1 heterocycles. The fourth-order valence-corrected chi connectivity index (χ4v) is 3.23. The van der Waals surface area contributed by atoms with Gasteiger partial charge in [0.1, 0.15) is 0 Å². The number of nitrogens with one attached hydrogen (secondary N) is 1. The van der Waals surface area contributed by atoms with E-state index in [1.807, 2.05) is 48.5 Å². The number of benzene rings is 2. The number of anilines is 2. The molecular formula is C19H19BrN2O2. The first kappa shape index (κ1) is 16.7. The van der Waals surface area contributed by atoms with E-state index in [-0.39, 0.29) is 24.2 Å². The maximum absolute atomic E-state index is 12.5. The third-order valence-electron chi connectivity index (χ3n) is 4.28. The average molecular weight is 387 g/mol. The van der Waals surface area contributed by atoms with Crippen LogP contribution in [0.15, 0.2) is 53.0 Å². The van der Waals surface area contributed by atoms with E-state index in [4.69, 9.17) is 0 Å². The highest BCUT2D eigenvalue weighted by atomic mass is 79.9. The average Bonchev–Trinajstić information content (AvgIpc) is 2.99. The van der Waals surface area contributed by atoms with E-state index in [1.165, 1.54) is 5.56 Å². The summed E-state index contributed by atoms with van der Waals surface area (Å²) in [5.41, 5.74) is 2.81. The molecule has 1 N–H and O–H groups in total. The second kappa shape index (κ2) is 7.18. The van der Waals surface area contributed by atoms with Gasteiger partial charge in [-0.3, -0.25) is 9.59 Å². The van der Waals surface area contributed by atoms with Gasteiger partial charge in [-0.05, 0) is 52.2 Å². The van der Waals surface area contributed by atoms with E-state index in [0.717, 1.165) is 22.3 Å². The molecule has 2 amide bonds. The number of halogens is 1. The van der Waals surface area contributed by atoms with Crippen LogP contribution in [0.4, 0.5) is 11.4 Å². The van der Waals surface area contributed by atoms with Crippen LogP contribution in [-0.4, -0.2) is 18.4 Å². The van der Waals surface area contributed by atoms with Crippen LogP contribution in [0.1, 0.15) is 18.9 Å². The third-order valence-corrected chi connectivity index (χ3v) is 4.98. The van der Waals surface area contributed by atoms with Gasteiger partial charge in [-0.25, -0.2) is 0 Å². The Balaban J connectivity index is 1.69. The van der Waals surface area contributed by atoms with Crippen molar-refractivity contribution in [3.05, 3.63) is 58.6 Å². The number of nitrogens with zero attached hydrogens (tertiary/aromatic N) is 1. The van der Waals surface area contributed by atoms with E-state index >= 15 is 0 Å². The van der Waals surface area contributed by atoms with Gasteiger partial charge in [-0.2, -0.15) is 0 Å². The molecule has 0 spiro atoms. The summed E-state index contributed by atoms with van der Waals surface area (Å²) < 4.78 is 0.828. The number of rotatable bonds is 4. The van der Waals surface area contributed by atoms with Crippen molar-refractivity contribution in [3.63, 3.8) is 0 Å². The van der Waals surface area contributed by atoms with Crippen LogP contribution < -0.4 is 10.2 Å². The van der Waals surface area contributed by atoms with Crippen molar-refractivity contribution in [1.82, 2.24) is 0 Å². The van der Waals surface area contributed by atoms with Crippen LogP contribution in [-0.2, 0) is 16.0 Å². The summed E-state index contributed by atoms with van der Waals surface area (Å²) in [6.07, 6.45) is 1.21. The Hall–Kier alpha value is -2.14. The lowest BCUT2D eigenvalue weighted by molar-refractivity contribution is -0.122. The van der Waals surface area contributed by atoms with Crippen molar-refractivity contribution in [3.8, 4) is 0 Å². The third kappa shape index (κ3) is 3.51. The first-order chi connectivity index (χ1) is 11.6. The smallest absolute Gasteiger partial charge is 0.229 e. The lowest BCUT2D eigenvalue weighted by Gasteiger charge is -2.17. The van der Waals surface area contributed by atoms with E-state index in [1.54, 1.807) is 4.90 Å². The van der Waals surface area contributed by atoms with Crippen molar-refractivity contribution in [2.24, 2.45) is 5.92 Å². The molecule has 0 aromatic heterocycles. The molecule has 124 valence electrons. The molecule has 3 rings (SSSR count). The molecule has 5 heteroatoms. The Bertz CT molecular complexity index is 758. The summed E-state index contributed by atoms with van der Waals surface area (Å²) in [6.45, 7) is 2.51. The normalized spacial score (nSPS) is 17.2. The van der Waals surface area contributed by atoms with Gasteiger partial charge in [-0.15, -0.1) is 0 Å². The van der Waals surface area contributed by atoms with Crippen molar-refractivity contribution in [2.45, 2.75) is 19.8 Å². The quantitative estimate of drug-likeness (QED) is 0.862. The zero-order valence-corrected chi connectivity index (χ0v) is 15.0. The highest BCUT2D eigenvalue weighted by Crippen LogP contribution is 2.28. The lowest BCUT2D eigenvalue weighted by atomic mass is 10.1. The minimum Gasteiger partial charge on any atom is -0.325 e. The van der Waals surface area contributed by atoms with Gasteiger partial charge in [0.05, 0.1) is 11.6 Å². The molecular weight excluding hydrogens is 368 g/mol. The standard InChI is InChI=1S/C19H19BrN2O2/c1-2-13-7-9-15(10-8-13)22-12-14(11-18(22)23)19(24)21-17-6-4-3-5-16(17)20/h3-10,14H,2,11-12H2,1H3,(H,21,24)/t14-/m1/s1. The number of amides is 2. The maximum Gasteiger partial charge on any atom is 0.229 e. The molecule has 0 bridgehead atoms. The summed E-state index contributed by atoms with van der Waals surface area (Å²) >= 11 is 3.42. The Morgan fingerprint density at radius 2 is 1.92 bits per heavy atom. The van der Waals surface area contributed by atoms with Crippen LogP contribution in [0.2, 0.25) is 0 Å². The molecule has 1 saturated heterocycles. The van der Waals surface area contributed by atoms with Crippen molar-refractivity contribution in [1.29, 1.82) is 0 Å². The Labute approximate surface area is 150 Å². The largest absolute Gasteiger partial charge is 0.325 e. The molecule has 1 aliphatic heterocycles. The molecule has 4 nitrogen and oxygen atoms in total. The molecule has 0 aliphatic carbocycles. The molecule has 1 aliphatic rings. The molecule has 1 atom stereocenters. The maximum atomic E-state index is 12.5. The zero-order valence-electron chi connectivity index (χ0n) is 13.5. The van der Waals surface area contributed by atoms with E-state index in [2.05, 4.69) is 28.2 Å². The summed E-state index contributed by atoms with van der Waals surface area (Å²) in [7, 11) is 0. The molecule has 1 fully saturated rings. The minimum atomic E-state index is -0.338. The number of hydrogen-bond acceptors (Lipinski definition) is 2. The number of carbonyl (C=O) groups excluding carboxylic acids is 2. The van der Waals surface area contributed by atoms with Crippen LogP contribution in [0, 0.1) is 5.92 Å². The van der Waals surface area contributed by atoms with Gasteiger partial charge in [-0.1, -0.05) is 31.2 Å². The van der Waals surface area contributed by atoms with Crippen LogP contribution in [0.5, 0.6) is 0 Å². The Kier molecular flexibility index (Phi) is 5.00. The van der Waals surface area contributed by atoms with Gasteiger partial charge in [0.2, 0.25) is 11.8 Å². The molecule has 0 radical (unpaired) electrons. The summed E-state index contributed by atoms with van der Waals surface area (Å²) in [6, 6.07) is 15.4. The first-order valence-electron chi connectivity index (χ1n) is 8.03. The molecule has 0 unspecified atom stereocenters. The topological polar surface area (TPSA) is 49.4 Å². The lowest BCUT2D eigenvalue weighted by Crippen LogP contribution is -2.28. The number of para-hydroxylation sites is 1. The summed E-state index contributed by atoms with van der Waals surface area (Å²) in [4.78, 5) is 26.5. The second-order valence-corrected chi connectivity index (χ2v) is 6.75. The minimum absolute atomic E-state index is 0.00785. The number of carbonyl (C=O) groups is 2. The van der Waals surface area contributed by atoms with E-state index < -0.39 is 0 Å². The number of hydrogen-bond donors (Lipinski definition) is 1.